The van der Waals surface area contributed by atoms with E-state index in [0.29, 0.717) is 0 Å². The van der Waals surface area contributed by atoms with Gasteiger partial charge in [-0.2, -0.15) is 0 Å². The van der Waals surface area contributed by atoms with Gasteiger partial charge in [0.1, 0.15) is 0 Å². The molecule has 0 saturated carbocycles. The molecule has 0 aliphatic carbocycles. The van der Waals surface area contributed by atoms with Crippen LogP contribution < -0.4 is 5.73 Å². The highest BCUT2D eigenvalue weighted by molar-refractivity contribution is 5.83. The molecule has 0 rings (SSSR count). The lowest BCUT2D eigenvalue weighted by Crippen LogP contribution is -1.90. The second kappa shape index (κ2) is 10.8. The minimum Gasteiger partial charge on any atom is -0.411 e. The molecule has 0 fully saturated rings. The van der Waals surface area contributed by atoms with Crippen molar-refractivity contribution in [3.05, 3.63) is 0 Å². The first-order valence-electron chi connectivity index (χ1n) is 3.11. The van der Waals surface area contributed by atoms with Crippen molar-refractivity contribution in [2.24, 2.45) is 10.9 Å². The van der Waals surface area contributed by atoms with Crippen LogP contribution in [0.4, 0.5) is 0 Å². The molecule has 0 aromatic carbocycles. The van der Waals surface area contributed by atoms with Crippen molar-refractivity contribution in [1.82, 2.24) is 0 Å². The van der Waals surface area contributed by atoms with E-state index < -0.39 is 0 Å². The van der Waals surface area contributed by atoms with Crippen molar-refractivity contribution in [3.8, 4) is 0 Å². The molecule has 0 aromatic rings. The SMILES string of the molecule is CCC(CC)=NO.NC=O. The molecule has 0 saturated heterocycles. The zero-order valence-corrected chi connectivity index (χ0v) is 6.37. The van der Waals surface area contributed by atoms with Crippen molar-refractivity contribution >= 4 is 12.1 Å². The van der Waals surface area contributed by atoms with E-state index in [1.165, 1.54) is 0 Å². The Morgan fingerprint density at radius 1 is 1.60 bits per heavy atom. The summed E-state index contributed by atoms with van der Waals surface area (Å²) in [6.45, 7) is 3.94. The largest absolute Gasteiger partial charge is 0.411 e. The van der Waals surface area contributed by atoms with Crippen LogP contribution in [-0.2, 0) is 4.79 Å². The van der Waals surface area contributed by atoms with Crippen LogP contribution in [0.1, 0.15) is 26.7 Å². The molecule has 0 unspecified atom stereocenters. The fraction of sp³-hybridized carbons (Fsp3) is 0.667. The lowest BCUT2D eigenvalue weighted by molar-refractivity contribution is -0.106. The van der Waals surface area contributed by atoms with Gasteiger partial charge in [-0.25, -0.2) is 0 Å². The van der Waals surface area contributed by atoms with E-state index in [9.17, 15) is 0 Å². The lowest BCUT2D eigenvalue weighted by atomic mass is 10.2. The Morgan fingerprint density at radius 2 is 1.90 bits per heavy atom. The first kappa shape index (κ1) is 11.7. The van der Waals surface area contributed by atoms with Crippen molar-refractivity contribution in [1.29, 1.82) is 0 Å². The predicted molar refractivity (Wildman–Crippen MR) is 40.1 cm³/mol. The summed E-state index contributed by atoms with van der Waals surface area (Å²) < 4.78 is 0. The zero-order chi connectivity index (χ0) is 8.41. The smallest absolute Gasteiger partial charge is 0.204 e. The normalized spacial score (nSPS) is 7.00. The Morgan fingerprint density at radius 3 is 1.90 bits per heavy atom. The maximum Gasteiger partial charge on any atom is 0.204 e. The molecule has 0 spiro atoms. The van der Waals surface area contributed by atoms with Crippen LogP contribution in [0.5, 0.6) is 0 Å². The minimum atomic E-state index is 0.250. The van der Waals surface area contributed by atoms with E-state index in [2.05, 4.69) is 10.9 Å². The van der Waals surface area contributed by atoms with Crippen LogP contribution in [0.25, 0.3) is 0 Å². The number of nitrogens with zero attached hydrogens (tertiary/aromatic N) is 1. The van der Waals surface area contributed by atoms with Crippen LogP contribution >= 0.6 is 0 Å². The van der Waals surface area contributed by atoms with Gasteiger partial charge in [-0.05, 0) is 12.8 Å². The van der Waals surface area contributed by atoms with E-state index in [1.807, 2.05) is 13.8 Å². The number of carbonyl (C=O) groups is 1. The second-order valence-corrected chi connectivity index (χ2v) is 1.51. The Hall–Kier alpha value is -1.06. The zero-order valence-electron chi connectivity index (χ0n) is 6.37. The molecule has 4 heteroatoms. The van der Waals surface area contributed by atoms with Crippen LogP contribution in [-0.4, -0.2) is 17.3 Å². The molecule has 0 bridgehead atoms. The number of rotatable bonds is 2. The predicted octanol–water partition coefficient (Wildman–Crippen LogP) is 0.738. The number of carbonyl (C=O) groups excluding carboxylic acids is 1. The standard InChI is InChI=1S/C5H11NO.CH3NO/c1-3-5(4-2)6-7;2-1-3/h7H,3-4H2,1-2H3;1H,(H2,2,3). The summed E-state index contributed by atoms with van der Waals surface area (Å²) >= 11 is 0. The number of primary amides is 1. The van der Waals surface area contributed by atoms with Crippen molar-refractivity contribution in [2.45, 2.75) is 26.7 Å². The highest BCUT2D eigenvalue weighted by atomic mass is 16.4. The molecule has 3 N–H and O–H groups in total. The molecular weight excluding hydrogens is 132 g/mol. The van der Waals surface area contributed by atoms with Crippen LogP contribution in [0, 0.1) is 0 Å². The van der Waals surface area contributed by atoms with Crippen molar-refractivity contribution in [3.63, 3.8) is 0 Å². The third kappa shape index (κ3) is 10.0. The quantitative estimate of drug-likeness (QED) is 0.261. The molecule has 0 aromatic heterocycles. The Balaban J connectivity index is 0. The van der Waals surface area contributed by atoms with Crippen LogP contribution in [0.2, 0.25) is 0 Å². The number of hydrogen-bond donors (Lipinski definition) is 2. The van der Waals surface area contributed by atoms with Gasteiger partial charge in [-0.15, -0.1) is 0 Å². The molecule has 0 heterocycles. The average Bonchev–Trinajstić information content (AvgIpc) is 1.93. The third-order valence-electron chi connectivity index (χ3n) is 0.958. The molecule has 10 heavy (non-hydrogen) atoms. The topological polar surface area (TPSA) is 75.7 Å². The van der Waals surface area contributed by atoms with Crippen LogP contribution in [0.3, 0.4) is 0 Å². The highest BCUT2D eigenvalue weighted by Crippen LogP contribution is 1.87. The molecule has 4 nitrogen and oxygen atoms in total. The maximum atomic E-state index is 8.58. The number of hydrogen-bond acceptors (Lipinski definition) is 3. The minimum absolute atomic E-state index is 0.250. The van der Waals surface area contributed by atoms with Gasteiger partial charge in [0, 0.05) is 0 Å². The molecule has 0 radical (unpaired) electrons. The van der Waals surface area contributed by atoms with Gasteiger partial charge in [0.2, 0.25) is 6.41 Å². The van der Waals surface area contributed by atoms with Crippen LogP contribution in [0.15, 0.2) is 5.16 Å². The Kier molecular flexibility index (Phi) is 12.7. The summed E-state index contributed by atoms with van der Waals surface area (Å²) in [5, 5.41) is 11.2. The molecule has 0 aliphatic rings. The monoisotopic (exact) mass is 146 g/mol. The first-order valence-corrected chi connectivity index (χ1v) is 3.11. The van der Waals surface area contributed by atoms with Gasteiger partial charge in [0.05, 0.1) is 5.71 Å². The Labute approximate surface area is 60.7 Å². The van der Waals surface area contributed by atoms with E-state index in [4.69, 9.17) is 10.0 Å². The second-order valence-electron chi connectivity index (χ2n) is 1.51. The summed E-state index contributed by atoms with van der Waals surface area (Å²) in [5.41, 5.74) is 5.03. The molecule has 0 aliphatic heterocycles. The highest BCUT2D eigenvalue weighted by Gasteiger charge is 1.86. The average molecular weight is 146 g/mol. The van der Waals surface area contributed by atoms with E-state index in [-0.39, 0.29) is 6.41 Å². The third-order valence-corrected chi connectivity index (χ3v) is 0.958. The number of oxime groups is 1. The fourth-order valence-corrected chi connectivity index (χ4v) is 0.391. The number of nitrogens with two attached hydrogens (primary N) is 1. The maximum absolute atomic E-state index is 8.58. The van der Waals surface area contributed by atoms with Gasteiger partial charge < -0.3 is 10.9 Å². The lowest BCUT2D eigenvalue weighted by Gasteiger charge is -1.89. The summed E-state index contributed by atoms with van der Waals surface area (Å²) in [7, 11) is 0. The molecule has 0 atom stereocenters. The van der Waals surface area contributed by atoms with E-state index >= 15 is 0 Å². The van der Waals surface area contributed by atoms with E-state index in [0.717, 1.165) is 18.6 Å². The van der Waals surface area contributed by atoms with Gasteiger partial charge in [0.15, 0.2) is 0 Å². The fourth-order valence-electron chi connectivity index (χ4n) is 0.391. The van der Waals surface area contributed by atoms with Gasteiger partial charge >= 0.3 is 0 Å². The van der Waals surface area contributed by atoms with Crippen molar-refractivity contribution in [2.75, 3.05) is 0 Å². The van der Waals surface area contributed by atoms with Gasteiger partial charge in [0.25, 0.3) is 0 Å². The Bertz CT molecular complexity index is 95.9. The summed E-state index contributed by atoms with van der Waals surface area (Å²) in [6.07, 6.45) is 1.96. The van der Waals surface area contributed by atoms with E-state index in [1.54, 1.807) is 0 Å². The van der Waals surface area contributed by atoms with Gasteiger partial charge in [-0.1, -0.05) is 19.0 Å². The van der Waals surface area contributed by atoms with Gasteiger partial charge in [-0.3, -0.25) is 4.79 Å². The summed E-state index contributed by atoms with van der Waals surface area (Å²) in [4.78, 5) is 8.58. The molecule has 1 amide bonds. The molecule has 60 valence electrons. The van der Waals surface area contributed by atoms with Crippen molar-refractivity contribution < 1.29 is 10.0 Å². The summed E-state index contributed by atoms with van der Waals surface area (Å²) in [5.74, 6) is 0. The molecular formula is C6H14N2O2. The number of amides is 1. The summed E-state index contributed by atoms with van der Waals surface area (Å²) in [6, 6.07) is 0. The first-order chi connectivity index (χ1) is 4.76.